The molecule has 0 aliphatic heterocycles. The lowest BCUT2D eigenvalue weighted by molar-refractivity contribution is -0.0863. The lowest BCUT2D eigenvalue weighted by Gasteiger charge is -2.20. The summed E-state index contributed by atoms with van der Waals surface area (Å²) in [6.07, 6.45) is 8.01. The summed E-state index contributed by atoms with van der Waals surface area (Å²) in [4.78, 5) is 0. The summed E-state index contributed by atoms with van der Waals surface area (Å²) in [5.74, 6) is 0.875. The molecule has 2 nitrogen and oxygen atoms in total. The molecule has 124 valence electrons. The molecule has 22 heavy (non-hydrogen) atoms. The summed E-state index contributed by atoms with van der Waals surface area (Å²) in [5.41, 5.74) is 2.22. The van der Waals surface area contributed by atoms with E-state index in [-0.39, 0.29) is 6.29 Å². The van der Waals surface area contributed by atoms with E-state index in [1.807, 2.05) is 19.1 Å². The van der Waals surface area contributed by atoms with E-state index in [4.69, 9.17) is 9.47 Å². The van der Waals surface area contributed by atoms with Gasteiger partial charge in [-0.1, -0.05) is 63.8 Å². The molecule has 0 radical (unpaired) electrons. The van der Waals surface area contributed by atoms with Gasteiger partial charge in [-0.25, -0.2) is 0 Å². The molecule has 1 aromatic rings. The van der Waals surface area contributed by atoms with Gasteiger partial charge in [0.1, 0.15) is 5.75 Å². The van der Waals surface area contributed by atoms with Gasteiger partial charge in [0.15, 0.2) is 6.29 Å². The second-order valence-electron chi connectivity index (χ2n) is 5.93. The number of benzene rings is 1. The van der Waals surface area contributed by atoms with E-state index < -0.39 is 0 Å². The van der Waals surface area contributed by atoms with E-state index in [1.165, 1.54) is 19.3 Å². The van der Waals surface area contributed by atoms with E-state index in [0.29, 0.717) is 0 Å². The summed E-state index contributed by atoms with van der Waals surface area (Å²) in [6, 6.07) is 8.11. The molecule has 0 amide bonds. The lowest BCUT2D eigenvalue weighted by atomic mass is 10.1. The summed E-state index contributed by atoms with van der Waals surface area (Å²) in [7, 11) is 0. The summed E-state index contributed by atoms with van der Waals surface area (Å²) in [5, 5.41) is 0. The minimum Gasteiger partial charge on any atom is -0.465 e. The first-order valence-electron chi connectivity index (χ1n) is 8.71. The van der Waals surface area contributed by atoms with Crippen molar-refractivity contribution >= 4 is 5.57 Å². The van der Waals surface area contributed by atoms with Gasteiger partial charge in [-0.3, -0.25) is 0 Å². The van der Waals surface area contributed by atoms with E-state index in [9.17, 15) is 0 Å². The predicted molar refractivity (Wildman–Crippen MR) is 95.2 cm³/mol. The van der Waals surface area contributed by atoms with Gasteiger partial charge in [-0.2, -0.15) is 0 Å². The normalized spacial score (nSPS) is 12.1. The van der Waals surface area contributed by atoms with Crippen LogP contribution in [0.5, 0.6) is 5.75 Å². The van der Waals surface area contributed by atoms with E-state index in [0.717, 1.165) is 49.2 Å². The predicted octanol–water partition coefficient (Wildman–Crippen LogP) is 6.21. The van der Waals surface area contributed by atoms with Gasteiger partial charge >= 0.3 is 0 Å². The average Bonchev–Trinajstić information content (AvgIpc) is 2.52. The van der Waals surface area contributed by atoms with Crippen molar-refractivity contribution in [3.8, 4) is 5.75 Å². The molecule has 0 saturated carbocycles. The Morgan fingerprint density at radius 1 is 1.00 bits per heavy atom. The van der Waals surface area contributed by atoms with Crippen LogP contribution in [0.25, 0.3) is 5.57 Å². The Bertz CT molecular complexity index is 408. The van der Waals surface area contributed by atoms with Crippen LogP contribution in [0, 0.1) is 0 Å². The fourth-order valence-corrected chi connectivity index (χ4v) is 2.26. The minimum atomic E-state index is -0.128. The van der Waals surface area contributed by atoms with Gasteiger partial charge in [-0.15, -0.1) is 0 Å². The maximum atomic E-state index is 6.01. The Labute approximate surface area is 136 Å². The van der Waals surface area contributed by atoms with Crippen LogP contribution in [0.15, 0.2) is 30.8 Å². The molecule has 0 aliphatic rings. The highest BCUT2D eigenvalue weighted by Gasteiger charge is 2.10. The van der Waals surface area contributed by atoms with E-state index >= 15 is 0 Å². The van der Waals surface area contributed by atoms with E-state index in [1.54, 1.807) is 0 Å². The Hall–Kier alpha value is -1.28. The number of allylic oxidation sites excluding steroid dienone is 1. The second kappa shape index (κ2) is 11.3. The van der Waals surface area contributed by atoms with Crippen molar-refractivity contribution in [2.75, 3.05) is 6.61 Å². The summed E-state index contributed by atoms with van der Waals surface area (Å²) in [6.45, 7) is 11.2. The third-order valence-electron chi connectivity index (χ3n) is 3.71. The van der Waals surface area contributed by atoms with Crippen LogP contribution in [0.4, 0.5) is 0 Å². The molecule has 0 bridgehead atoms. The van der Waals surface area contributed by atoms with Gasteiger partial charge in [0.2, 0.25) is 0 Å². The fourth-order valence-electron chi connectivity index (χ4n) is 2.26. The average molecular weight is 304 g/mol. The van der Waals surface area contributed by atoms with Gasteiger partial charge in [0, 0.05) is 6.42 Å². The Morgan fingerprint density at radius 3 is 2.27 bits per heavy atom. The van der Waals surface area contributed by atoms with Gasteiger partial charge in [-0.05, 0) is 37.5 Å². The Morgan fingerprint density at radius 2 is 1.68 bits per heavy atom. The first kappa shape index (κ1) is 18.8. The molecule has 0 saturated heterocycles. The second-order valence-corrected chi connectivity index (χ2v) is 5.93. The first-order chi connectivity index (χ1) is 10.7. The van der Waals surface area contributed by atoms with Gasteiger partial charge in [0.05, 0.1) is 6.61 Å². The molecule has 0 aliphatic carbocycles. The highest BCUT2D eigenvalue weighted by molar-refractivity contribution is 5.61. The van der Waals surface area contributed by atoms with Crippen LogP contribution in [-0.4, -0.2) is 12.9 Å². The van der Waals surface area contributed by atoms with Crippen molar-refractivity contribution in [1.29, 1.82) is 0 Å². The SMILES string of the molecule is C=C(C)c1ccc(OC(CCCC)OCCCCCC)cc1. The molecule has 2 heteroatoms. The molecule has 1 rings (SSSR count). The standard InChI is InChI=1S/C20H32O2/c1-5-7-9-10-16-21-20(11-8-6-2)22-19-14-12-18(13-15-19)17(3)4/h12-15,20H,3,5-11,16H2,1-2,4H3. The Kier molecular flexibility index (Phi) is 9.65. The molecule has 1 atom stereocenters. The Balaban J connectivity index is 2.46. The molecule has 1 unspecified atom stereocenters. The molecular formula is C20H32O2. The van der Waals surface area contributed by atoms with Crippen molar-refractivity contribution < 1.29 is 9.47 Å². The minimum absolute atomic E-state index is 0.128. The quantitative estimate of drug-likeness (QED) is 0.337. The summed E-state index contributed by atoms with van der Waals surface area (Å²) < 4.78 is 11.9. The van der Waals surface area contributed by atoms with E-state index in [2.05, 4.69) is 32.6 Å². The number of hydrogen-bond donors (Lipinski definition) is 0. The van der Waals surface area contributed by atoms with Crippen molar-refractivity contribution in [2.45, 2.75) is 72.0 Å². The molecule has 0 N–H and O–H groups in total. The van der Waals surface area contributed by atoms with Crippen molar-refractivity contribution in [3.63, 3.8) is 0 Å². The lowest BCUT2D eigenvalue weighted by Crippen LogP contribution is -2.21. The number of ether oxygens (including phenoxy) is 2. The van der Waals surface area contributed by atoms with Crippen LogP contribution in [0.1, 0.15) is 71.3 Å². The molecule has 0 heterocycles. The molecule has 0 spiro atoms. The highest BCUT2D eigenvalue weighted by atomic mass is 16.7. The van der Waals surface area contributed by atoms with Crippen LogP contribution in [0.3, 0.4) is 0 Å². The highest BCUT2D eigenvalue weighted by Crippen LogP contribution is 2.20. The molecular weight excluding hydrogens is 272 g/mol. The fraction of sp³-hybridized carbons (Fsp3) is 0.600. The zero-order valence-electron chi connectivity index (χ0n) is 14.6. The zero-order valence-corrected chi connectivity index (χ0v) is 14.6. The number of unbranched alkanes of at least 4 members (excludes halogenated alkanes) is 4. The van der Waals surface area contributed by atoms with Crippen molar-refractivity contribution in [3.05, 3.63) is 36.4 Å². The topological polar surface area (TPSA) is 18.5 Å². The first-order valence-corrected chi connectivity index (χ1v) is 8.71. The third kappa shape index (κ3) is 7.65. The molecule has 1 aromatic carbocycles. The molecule has 0 fully saturated rings. The third-order valence-corrected chi connectivity index (χ3v) is 3.71. The van der Waals surface area contributed by atoms with Gasteiger partial charge in [0.25, 0.3) is 0 Å². The van der Waals surface area contributed by atoms with Crippen LogP contribution < -0.4 is 4.74 Å². The van der Waals surface area contributed by atoms with Crippen molar-refractivity contribution in [2.24, 2.45) is 0 Å². The van der Waals surface area contributed by atoms with Crippen LogP contribution in [0.2, 0.25) is 0 Å². The zero-order chi connectivity index (χ0) is 16.2. The molecule has 0 aromatic heterocycles. The number of hydrogen-bond acceptors (Lipinski definition) is 2. The maximum absolute atomic E-state index is 6.01. The maximum Gasteiger partial charge on any atom is 0.199 e. The smallest absolute Gasteiger partial charge is 0.199 e. The van der Waals surface area contributed by atoms with Gasteiger partial charge < -0.3 is 9.47 Å². The summed E-state index contributed by atoms with van der Waals surface area (Å²) >= 11 is 0. The number of rotatable bonds is 12. The monoisotopic (exact) mass is 304 g/mol. The van der Waals surface area contributed by atoms with Crippen LogP contribution >= 0.6 is 0 Å². The van der Waals surface area contributed by atoms with Crippen molar-refractivity contribution in [1.82, 2.24) is 0 Å². The largest absolute Gasteiger partial charge is 0.465 e. The van der Waals surface area contributed by atoms with Crippen LogP contribution in [-0.2, 0) is 4.74 Å².